The van der Waals surface area contributed by atoms with Gasteiger partial charge in [0.1, 0.15) is 11.6 Å². The van der Waals surface area contributed by atoms with Gasteiger partial charge in [-0.25, -0.2) is 8.78 Å². The standard InChI is InChI=1S/C15H13F2N3/c16-11-5-6-13(17)12(7-11)14(18)9-20-15-4-2-1-3-10(15)8-19-20/h1-8,14H,9,18H2. The SMILES string of the molecule is NC(Cn1ncc2ccccc21)c1cc(F)ccc1F. The molecule has 1 heterocycles. The highest BCUT2D eigenvalue weighted by Crippen LogP contribution is 2.20. The molecule has 2 N–H and O–H groups in total. The molecule has 3 nitrogen and oxygen atoms in total. The van der Waals surface area contributed by atoms with Gasteiger partial charge in [-0.15, -0.1) is 0 Å². The number of benzene rings is 2. The van der Waals surface area contributed by atoms with Crippen LogP contribution in [-0.2, 0) is 6.54 Å². The van der Waals surface area contributed by atoms with Gasteiger partial charge in [0, 0.05) is 10.9 Å². The lowest BCUT2D eigenvalue weighted by molar-refractivity contribution is 0.504. The lowest BCUT2D eigenvalue weighted by atomic mass is 10.1. The van der Waals surface area contributed by atoms with Crippen LogP contribution in [0.4, 0.5) is 8.78 Å². The van der Waals surface area contributed by atoms with Gasteiger partial charge < -0.3 is 5.73 Å². The molecule has 2 aromatic carbocycles. The first kappa shape index (κ1) is 12.7. The lowest BCUT2D eigenvalue weighted by Crippen LogP contribution is -2.19. The Morgan fingerprint density at radius 1 is 1.15 bits per heavy atom. The molecule has 0 amide bonds. The summed E-state index contributed by atoms with van der Waals surface area (Å²) in [5.74, 6) is -1.00. The van der Waals surface area contributed by atoms with Crippen LogP contribution in [0.5, 0.6) is 0 Å². The van der Waals surface area contributed by atoms with Gasteiger partial charge in [-0.2, -0.15) is 5.10 Å². The Bertz CT molecular complexity index is 752. The first-order chi connectivity index (χ1) is 9.65. The zero-order valence-corrected chi connectivity index (χ0v) is 10.6. The fourth-order valence-electron chi connectivity index (χ4n) is 2.25. The van der Waals surface area contributed by atoms with Crippen LogP contribution in [0, 0.1) is 11.6 Å². The van der Waals surface area contributed by atoms with E-state index in [1.165, 1.54) is 0 Å². The average molecular weight is 273 g/mol. The van der Waals surface area contributed by atoms with Crippen LogP contribution in [0.25, 0.3) is 10.9 Å². The predicted octanol–water partition coefficient (Wildman–Crippen LogP) is 3.01. The van der Waals surface area contributed by atoms with Gasteiger partial charge in [0.05, 0.1) is 24.3 Å². The molecule has 0 aliphatic carbocycles. The number of nitrogens with zero attached hydrogens (tertiary/aromatic N) is 2. The molecule has 0 saturated heterocycles. The van der Waals surface area contributed by atoms with Crippen LogP contribution < -0.4 is 5.73 Å². The minimum absolute atomic E-state index is 0.157. The summed E-state index contributed by atoms with van der Waals surface area (Å²) in [7, 11) is 0. The van der Waals surface area contributed by atoms with Gasteiger partial charge in [0.15, 0.2) is 0 Å². The lowest BCUT2D eigenvalue weighted by Gasteiger charge is -2.14. The highest BCUT2D eigenvalue weighted by Gasteiger charge is 2.14. The van der Waals surface area contributed by atoms with E-state index >= 15 is 0 Å². The van der Waals surface area contributed by atoms with Crippen molar-refractivity contribution in [1.29, 1.82) is 0 Å². The van der Waals surface area contributed by atoms with Crippen molar-refractivity contribution in [3.63, 3.8) is 0 Å². The maximum absolute atomic E-state index is 13.7. The third-order valence-electron chi connectivity index (χ3n) is 3.28. The molecule has 20 heavy (non-hydrogen) atoms. The molecule has 1 aromatic heterocycles. The maximum Gasteiger partial charge on any atom is 0.128 e. The molecular weight excluding hydrogens is 260 g/mol. The number of hydrogen-bond acceptors (Lipinski definition) is 2. The molecule has 0 aliphatic rings. The van der Waals surface area contributed by atoms with Gasteiger partial charge >= 0.3 is 0 Å². The molecule has 3 aromatic rings. The van der Waals surface area contributed by atoms with Crippen LogP contribution in [0.1, 0.15) is 11.6 Å². The second-order valence-corrected chi connectivity index (χ2v) is 4.66. The van der Waals surface area contributed by atoms with E-state index in [9.17, 15) is 8.78 Å². The van der Waals surface area contributed by atoms with Crippen molar-refractivity contribution < 1.29 is 8.78 Å². The minimum Gasteiger partial charge on any atom is -0.322 e. The number of para-hydroxylation sites is 1. The molecule has 1 atom stereocenters. The molecule has 0 radical (unpaired) electrons. The van der Waals surface area contributed by atoms with E-state index in [0.29, 0.717) is 0 Å². The number of halogens is 2. The predicted molar refractivity (Wildman–Crippen MR) is 73.0 cm³/mol. The smallest absolute Gasteiger partial charge is 0.128 e. The van der Waals surface area contributed by atoms with Gasteiger partial charge in [0.2, 0.25) is 0 Å². The number of fused-ring (bicyclic) bond motifs is 1. The fraction of sp³-hybridized carbons (Fsp3) is 0.133. The molecule has 5 heteroatoms. The highest BCUT2D eigenvalue weighted by molar-refractivity contribution is 5.78. The monoisotopic (exact) mass is 273 g/mol. The molecule has 102 valence electrons. The maximum atomic E-state index is 13.7. The molecule has 0 spiro atoms. The van der Waals surface area contributed by atoms with Gasteiger partial charge in [-0.05, 0) is 24.3 Å². The van der Waals surface area contributed by atoms with E-state index in [-0.39, 0.29) is 12.1 Å². The summed E-state index contributed by atoms with van der Waals surface area (Å²) in [6.07, 6.45) is 1.73. The van der Waals surface area contributed by atoms with Crippen molar-refractivity contribution in [2.24, 2.45) is 5.73 Å². The summed E-state index contributed by atoms with van der Waals surface area (Å²) in [5.41, 5.74) is 7.05. The molecule has 1 unspecified atom stereocenters. The Morgan fingerprint density at radius 2 is 1.95 bits per heavy atom. The van der Waals surface area contributed by atoms with Crippen molar-refractivity contribution in [1.82, 2.24) is 9.78 Å². The van der Waals surface area contributed by atoms with E-state index in [0.717, 1.165) is 29.1 Å². The topological polar surface area (TPSA) is 43.8 Å². The van der Waals surface area contributed by atoms with Crippen LogP contribution >= 0.6 is 0 Å². The molecule has 0 bridgehead atoms. The Kier molecular flexibility index (Phi) is 3.20. The average Bonchev–Trinajstić information content (AvgIpc) is 2.85. The number of rotatable bonds is 3. The number of nitrogens with two attached hydrogens (primary N) is 1. The van der Waals surface area contributed by atoms with Crippen molar-refractivity contribution in [2.45, 2.75) is 12.6 Å². The highest BCUT2D eigenvalue weighted by atomic mass is 19.1. The Labute approximate surface area is 114 Å². The zero-order valence-electron chi connectivity index (χ0n) is 10.6. The van der Waals surface area contributed by atoms with Crippen molar-refractivity contribution in [3.8, 4) is 0 Å². The largest absolute Gasteiger partial charge is 0.322 e. The van der Waals surface area contributed by atoms with Crippen molar-refractivity contribution >= 4 is 10.9 Å². The van der Waals surface area contributed by atoms with Crippen molar-refractivity contribution in [3.05, 3.63) is 65.9 Å². The van der Waals surface area contributed by atoms with E-state index in [1.54, 1.807) is 10.9 Å². The Morgan fingerprint density at radius 3 is 2.80 bits per heavy atom. The second-order valence-electron chi connectivity index (χ2n) is 4.66. The van der Waals surface area contributed by atoms with E-state index < -0.39 is 17.7 Å². The first-order valence-electron chi connectivity index (χ1n) is 6.26. The number of aromatic nitrogens is 2. The first-order valence-corrected chi connectivity index (χ1v) is 6.26. The van der Waals surface area contributed by atoms with Gasteiger partial charge in [0.25, 0.3) is 0 Å². The summed E-state index contributed by atoms with van der Waals surface area (Å²) < 4.78 is 28.6. The Hall–Kier alpha value is -2.27. The zero-order chi connectivity index (χ0) is 14.1. The molecule has 0 aliphatic heterocycles. The molecule has 0 fully saturated rings. The van der Waals surface area contributed by atoms with Gasteiger partial charge in [-0.3, -0.25) is 4.68 Å². The fourth-order valence-corrected chi connectivity index (χ4v) is 2.25. The third kappa shape index (κ3) is 2.28. The molecular formula is C15H13F2N3. The summed E-state index contributed by atoms with van der Waals surface area (Å²) in [6, 6.07) is 10.3. The quantitative estimate of drug-likeness (QED) is 0.797. The summed E-state index contributed by atoms with van der Waals surface area (Å²) in [6.45, 7) is 0.286. The summed E-state index contributed by atoms with van der Waals surface area (Å²) >= 11 is 0. The number of hydrogen-bond donors (Lipinski definition) is 1. The van der Waals surface area contributed by atoms with Crippen LogP contribution in [0.3, 0.4) is 0 Å². The van der Waals surface area contributed by atoms with Crippen LogP contribution in [0.2, 0.25) is 0 Å². The molecule has 3 rings (SSSR count). The minimum atomic E-state index is -0.658. The summed E-state index contributed by atoms with van der Waals surface area (Å²) in [5, 5.41) is 5.22. The van der Waals surface area contributed by atoms with E-state index in [2.05, 4.69) is 5.10 Å². The Balaban J connectivity index is 1.92. The van der Waals surface area contributed by atoms with Crippen LogP contribution in [0.15, 0.2) is 48.7 Å². The van der Waals surface area contributed by atoms with Gasteiger partial charge in [-0.1, -0.05) is 18.2 Å². The molecule has 0 saturated carbocycles. The normalized spacial score (nSPS) is 12.8. The second kappa shape index (κ2) is 5.02. The van der Waals surface area contributed by atoms with Crippen LogP contribution in [-0.4, -0.2) is 9.78 Å². The van der Waals surface area contributed by atoms with E-state index in [1.807, 2.05) is 24.3 Å². The van der Waals surface area contributed by atoms with E-state index in [4.69, 9.17) is 5.73 Å². The summed E-state index contributed by atoms with van der Waals surface area (Å²) in [4.78, 5) is 0. The third-order valence-corrected chi connectivity index (χ3v) is 3.28. The van der Waals surface area contributed by atoms with Crippen molar-refractivity contribution in [2.75, 3.05) is 0 Å².